The molecular weight excluding hydrogens is 388 g/mol. The Balaban J connectivity index is 1.96. The van der Waals surface area contributed by atoms with Crippen LogP contribution < -0.4 is 5.32 Å². The van der Waals surface area contributed by atoms with Crippen LogP contribution in [0.25, 0.3) is 5.69 Å². The van der Waals surface area contributed by atoms with E-state index in [1.807, 2.05) is 31.2 Å². The molecule has 0 saturated heterocycles. The number of carbonyl (C=O) groups excluding carboxylic acids is 2. The lowest BCUT2D eigenvalue weighted by Gasteiger charge is -2.10. The average molecular weight is 408 g/mol. The molecule has 0 atom stereocenters. The number of rotatable bonds is 6. The first-order chi connectivity index (χ1) is 14.3. The topological polar surface area (TPSA) is 116 Å². The number of hydrogen-bond acceptors (Lipinski definition) is 6. The van der Waals surface area contributed by atoms with Crippen molar-refractivity contribution in [1.29, 1.82) is 0 Å². The molecule has 3 aromatic rings. The SMILES string of the molecule is CCOC(=O)c1cc(C(=O)Nc2cc(C)nn2-c2ccc(C)cc2)cc([N+](=O)[O-])c1. The summed E-state index contributed by atoms with van der Waals surface area (Å²) >= 11 is 0. The van der Waals surface area contributed by atoms with Crippen molar-refractivity contribution >= 4 is 23.4 Å². The molecule has 0 aliphatic carbocycles. The van der Waals surface area contributed by atoms with Gasteiger partial charge in [0.05, 0.1) is 28.5 Å². The summed E-state index contributed by atoms with van der Waals surface area (Å²) in [5, 5.41) is 18.3. The van der Waals surface area contributed by atoms with Crippen LogP contribution in [0.3, 0.4) is 0 Å². The molecule has 0 aliphatic rings. The summed E-state index contributed by atoms with van der Waals surface area (Å²) < 4.78 is 6.46. The Labute approximate surface area is 172 Å². The largest absolute Gasteiger partial charge is 0.462 e. The summed E-state index contributed by atoms with van der Waals surface area (Å²) in [7, 11) is 0. The van der Waals surface area contributed by atoms with Crippen LogP contribution in [0.1, 0.15) is 38.9 Å². The highest BCUT2D eigenvalue weighted by molar-refractivity contribution is 6.06. The minimum atomic E-state index is -0.740. The number of ether oxygens (including phenoxy) is 1. The van der Waals surface area contributed by atoms with Crippen molar-refractivity contribution in [3.05, 3.63) is 81.0 Å². The smallest absolute Gasteiger partial charge is 0.338 e. The summed E-state index contributed by atoms with van der Waals surface area (Å²) in [5.74, 6) is -0.959. The summed E-state index contributed by atoms with van der Waals surface area (Å²) in [5.41, 5.74) is 2.01. The van der Waals surface area contributed by atoms with Crippen molar-refractivity contribution in [1.82, 2.24) is 9.78 Å². The number of nitrogens with one attached hydrogen (secondary N) is 1. The molecule has 3 rings (SSSR count). The second-order valence-corrected chi connectivity index (χ2v) is 6.62. The zero-order chi connectivity index (χ0) is 21.8. The van der Waals surface area contributed by atoms with Gasteiger partial charge in [-0.05, 0) is 39.0 Å². The van der Waals surface area contributed by atoms with Crippen molar-refractivity contribution < 1.29 is 19.2 Å². The third-order valence-corrected chi connectivity index (χ3v) is 4.25. The second-order valence-electron chi connectivity index (χ2n) is 6.62. The lowest BCUT2D eigenvalue weighted by atomic mass is 10.1. The van der Waals surface area contributed by atoms with E-state index >= 15 is 0 Å². The molecule has 30 heavy (non-hydrogen) atoms. The fourth-order valence-corrected chi connectivity index (χ4v) is 2.84. The van der Waals surface area contributed by atoms with Gasteiger partial charge in [0.15, 0.2) is 0 Å². The van der Waals surface area contributed by atoms with Crippen LogP contribution in [0, 0.1) is 24.0 Å². The first-order valence-corrected chi connectivity index (χ1v) is 9.20. The molecular formula is C21H20N4O5. The van der Waals surface area contributed by atoms with E-state index in [0.717, 1.165) is 23.4 Å². The number of anilines is 1. The quantitative estimate of drug-likeness (QED) is 0.376. The van der Waals surface area contributed by atoms with Crippen LogP contribution >= 0.6 is 0 Å². The molecule has 1 aromatic heterocycles. The molecule has 0 radical (unpaired) electrons. The van der Waals surface area contributed by atoms with Gasteiger partial charge in [-0.1, -0.05) is 17.7 Å². The molecule has 0 saturated carbocycles. The normalized spacial score (nSPS) is 10.5. The van der Waals surface area contributed by atoms with Gasteiger partial charge < -0.3 is 10.1 Å². The van der Waals surface area contributed by atoms with Gasteiger partial charge in [-0.15, -0.1) is 0 Å². The summed E-state index contributed by atoms with van der Waals surface area (Å²) in [6.45, 7) is 5.48. The van der Waals surface area contributed by atoms with Gasteiger partial charge in [0.2, 0.25) is 0 Å². The van der Waals surface area contributed by atoms with Crippen molar-refractivity contribution in [3.8, 4) is 5.69 Å². The molecule has 0 fully saturated rings. The van der Waals surface area contributed by atoms with Crippen LogP contribution in [0.4, 0.5) is 11.5 Å². The minimum absolute atomic E-state index is 0.0402. The van der Waals surface area contributed by atoms with Gasteiger partial charge in [0.25, 0.3) is 11.6 Å². The number of esters is 1. The zero-order valence-corrected chi connectivity index (χ0v) is 16.7. The predicted octanol–water partition coefficient (Wildman–Crippen LogP) is 3.83. The number of nitrogens with zero attached hydrogens (tertiary/aromatic N) is 3. The summed E-state index contributed by atoms with van der Waals surface area (Å²) in [6.07, 6.45) is 0. The Hall–Kier alpha value is -4.01. The van der Waals surface area contributed by atoms with Crippen LogP contribution in [0.5, 0.6) is 0 Å². The highest BCUT2D eigenvalue weighted by Gasteiger charge is 2.20. The number of carbonyl (C=O) groups is 2. The number of benzene rings is 2. The first-order valence-electron chi connectivity index (χ1n) is 9.20. The maximum atomic E-state index is 12.8. The Morgan fingerprint density at radius 2 is 1.77 bits per heavy atom. The maximum absolute atomic E-state index is 12.8. The number of hydrogen-bond donors (Lipinski definition) is 1. The number of amides is 1. The van der Waals surface area contributed by atoms with E-state index in [-0.39, 0.29) is 23.4 Å². The molecule has 1 amide bonds. The molecule has 1 heterocycles. The molecule has 0 spiro atoms. The standard InChI is InChI=1S/C21H20N4O5/c1-4-30-21(27)16-10-15(11-18(12-16)25(28)29)20(26)22-19-9-14(3)23-24(19)17-7-5-13(2)6-8-17/h5-12H,4H2,1-3H3,(H,22,26). The maximum Gasteiger partial charge on any atom is 0.338 e. The van der Waals surface area contributed by atoms with Crippen LogP contribution in [-0.4, -0.2) is 33.2 Å². The average Bonchev–Trinajstić information content (AvgIpc) is 3.08. The van der Waals surface area contributed by atoms with Gasteiger partial charge in [-0.25, -0.2) is 9.48 Å². The zero-order valence-electron chi connectivity index (χ0n) is 16.7. The Bertz CT molecular complexity index is 1120. The van der Waals surface area contributed by atoms with Gasteiger partial charge in [0, 0.05) is 23.8 Å². The molecule has 154 valence electrons. The number of nitro benzene ring substituents is 1. The van der Waals surface area contributed by atoms with Crippen molar-refractivity contribution in [3.63, 3.8) is 0 Å². The third kappa shape index (κ3) is 4.52. The molecule has 9 nitrogen and oxygen atoms in total. The van der Waals surface area contributed by atoms with Crippen LogP contribution in [0.2, 0.25) is 0 Å². The Morgan fingerprint density at radius 1 is 1.10 bits per heavy atom. The second kappa shape index (κ2) is 8.56. The van der Waals surface area contributed by atoms with Gasteiger partial charge >= 0.3 is 5.97 Å². The number of aryl methyl sites for hydroxylation is 2. The van der Waals surface area contributed by atoms with E-state index in [1.54, 1.807) is 24.6 Å². The van der Waals surface area contributed by atoms with Crippen molar-refractivity contribution in [2.24, 2.45) is 0 Å². The Kier molecular flexibility index (Phi) is 5.91. The van der Waals surface area contributed by atoms with Gasteiger partial charge in [-0.2, -0.15) is 5.10 Å². The van der Waals surface area contributed by atoms with Gasteiger partial charge in [-0.3, -0.25) is 14.9 Å². The molecule has 0 unspecified atom stereocenters. The third-order valence-electron chi connectivity index (χ3n) is 4.25. The van der Waals surface area contributed by atoms with E-state index in [4.69, 9.17) is 4.74 Å². The number of aromatic nitrogens is 2. The van der Waals surface area contributed by atoms with Gasteiger partial charge in [0.1, 0.15) is 5.82 Å². The lowest BCUT2D eigenvalue weighted by molar-refractivity contribution is -0.384. The highest BCUT2D eigenvalue weighted by Crippen LogP contribution is 2.22. The highest BCUT2D eigenvalue weighted by atomic mass is 16.6. The van der Waals surface area contributed by atoms with E-state index < -0.39 is 16.8 Å². The van der Waals surface area contributed by atoms with E-state index in [0.29, 0.717) is 11.5 Å². The van der Waals surface area contributed by atoms with Crippen LogP contribution in [0.15, 0.2) is 48.5 Å². The monoisotopic (exact) mass is 408 g/mol. The fraction of sp³-hybridized carbons (Fsp3) is 0.190. The molecule has 0 aliphatic heterocycles. The predicted molar refractivity (Wildman–Crippen MR) is 110 cm³/mol. The lowest BCUT2D eigenvalue weighted by Crippen LogP contribution is -2.16. The molecule has 9 heteroatoms. The van der Waals surface area contributed by atoms with E-state index in [1.165, 1.54) is 6.07 Å². The summed E-state index contributed by atoms with van der Waals surface area (Å²) in [4.78, 5) is 35.5. The minimum Gasteiger partial charge on any atom is -0.462 e. The van der Waals surface area contributed by atoms with E-state index in [9.17, 15) is 19.7 Å². The van der Waals surface area contributed by atoms with Crippen LogP contribution in [-0.2, 0) is 4.74 Å². The van der Waals surface area contributed by atoms with Crippen molar-refractivity contribution in [2.75, 3.05) is 11.9 Å². The fourth-order valence-electron chi connectivity index (χ4n) is 2.84. The number of non-ortho nitro benzene ring substituents is 1. The summed E-state index contributed by atoms with van der Waals surface area (Å²) in [6, 6.07) is 12.7. The molecule has 2 aromatic carbocycles. The van der Waals surface area contributed by atoms with Crippen molar-refractivity contribution in [2.45, 2.75) is 20.8 Å². The Morgan fingerprint density at radius 3 is 2.40 bits per heavy atom. The number of nitro groups is 1. The first kappa shape index (κ1) is 20.7. The van der Waals surface area contributed by atoms with E-state index in [2.05, 4.69) is 10.4 Å². The molecule has 0 bridgehead atoms. The molecule has 1 N–H and O–H groups in total.